The van der Waals surface area contributed by atoms with Crippen LogP contribution < -0.4 is 9.30 Å². The van der Waals surface area contributed by atoms with Crippen molar-refractivity contribution in [2.75, 3.05) is 13.2 Å². The Hall–Kier alpha value is -2.94. The highest BCUT2D eigenvalue weighted by Crippen LogP contribution is 2.36. The van der Waals surface area contributed by atoms with Gasteiger partial charge in [0.1, 0.15) is 18.1 Å². The topological polar surface area (TPSA) is 64.6 Å². The van der Waals surface area contributed by atoms with Crippen molar-refractivity contribution in [2.45, 2.75) is 38.5 Å². The number of thiophene rings is 2. The lowest BCUT2D eigenvalue weighted by atomic mass is 10.0. The lowest BCUT2D eigenvalue weighted by Gasteiger charge is -2.23. The van der Waals surface area contributed by atoms with Gasteiger partial charge in [-0.3, -0.25) is 0 Å². The Morgan fingerprint density at radius 2 is 1.71 bits per heavy atom. The van der Waals surface area contributed by atoms with Crippen LogP contribution in [0.2, 0.25) is 0 Å². The van der Waals surface area contributed by atoms with Crippen LogP contribution in [0.1, 0.15) is 28.4 Å². The van der Waals surface area contributed by atoms with Crippen molar-refractivity contribution in [1.29, 1.82) is 0 Å². The maximum absolute atomic E-state index is 12.9. The van der Waals surface area contributed by atoms with E-state index in [1.54, 1.807) is 12.1 Å². The number of ether oxygens (including phenoxy) is 2. The molecule has 178 valence electrons. The minimum atomic E-state index is -1.75. The number of rotatable bonds is 12. The number of aryl methyl sites for hydroxylation is 2. The molecule has 4 aromatic rings. The number of carbonyl (C=O) groups is 1. The number of aliphatic hydroxyl groups is 1. The van der Waals surface area contributed by atoms with E-state index in [-0.39, 0.29) is 6.61 Å². The minimum absolute atomic E-state index is 0.237. The number of para-hydroxylation sites is 1. The molecule has 0 atom stereocenters. The fourth-order valence-electron chi connectivity index (χ4n) is 3.75. The van der Waals surface area contributed by atoms with E-state index in [4.69, 9.17) is 9.47 Å². The van der Waals surface area contributed by atoms with Crippen LogP contribution in [-0.2, 0) is 28.2 Å². The summed E-state index contributed by atoms with van der Waals surface area (Å²) in [6.07, 6.45) is 5.68. The molecule has 0 saturated heterocycles. The van der Waals surface area contributed by atoms with Gasteiger partial charge in [0.15, 0.2) is 0 Å². The molecule has 0 amide bonds. The van der Waals surface area contributed by atoms with Gasteiger partial charge in [0, 0.05) is 19.8 Å². The van der Waals surface area contributed by atoms with Crippen molar-refractivity contribution in [3.63, 3.8) is 0 Å². The predicted octanol–water partition coefficient (Wildman–Crippen LogP) is 4.55. The van der Waals surface area contributed by atoms with Crippen molar-refractivity contribution in [2.24, 2.45) is 0 Å². The molecule has 34 heavy (non-hydrogen) atoms. The zero-order valence-corrected chi connectivity index (χ0v) is 20.8. The summed E-state index contributed by atoms with van der Waals surface area (Å²) < 4.78 is 15.7. The van der Waals surface area contributed by atoms with E-state index in [0.29, 0.717) is 22.8 Å². The van der Waals surface area contributed by atoms with Gasteiger partial charge in [-0.1, -0.05) is 30.3 Å². The molecule has 0 aliphatic carbocycles. The Balaban J connectivity index is 1.24. The Morgan fingerprint density at radius 3 is 2.35 bits per heavy atom. The number of aromatic nitrogens is 2. The molecule has 4 rings (SSSR count). The van der Waals surface area contributed by atoms with Crippen LogP contribution in [0, 0.1) is 6.92 Å². The Bertz CT molecular complexity index is 1120. The smallest absolute Gasteiger partial charge is 0.349 e. The molecule has 1 aromatic carbocycles. The van der Waals surface area contributed by atoms with Gasteiger partial charge in [-0.05, 0) is 35.0 Å². The zero-order chi connectivity index (χ0) is 23.8. The van der Waals surface area contributed by atoms with Crippen LogP contribution in [-0.4, -0.2) is 28.9 Å². The molecule has 8 heteroatoms. The van der Waals surface area contributed by atoms with E-state index in [2.05, 4.69) is 22.3 Å². The van der Waals surface area contributed by atoms with Crippen LogP contribution in [0.15, 0.2) is 77.8 Å². The van der Waals surface area contributed by atoms with Crippen LogP contribution in [0.25, 0.3) is 0 Å². The monoisotopic (exact) mass is 497 g/mol. The molecule has 0 aliphatic rings. The number of esters is 1. The fraction of sp³-hybridized carbons (Fsp3) is 0.308. The largest absolute Gasteiger partial charge is 0.493 e. The number of hydrogen-bond donors (Lipinski definition) is 1. The molecular formula is C26H29N2O4S2+. The Kier molecular flexibility index (Phi) is 8.16. The normalized spacial score (nSPS) is 11.5. The minimum Gasteiger partial charge on any atom is -0.493 e. The summed E-state index contributed by atoms with van der Waals surface area (Å²) >= 11 is 2.69. The van der Waals surface area contributed by atoms with Gasteiger partial charge >= 0.3 is 5.97 Å². The Morgan fingerprint density at radius 1 is 1.00 bits per heavy atom. The van der Waals surface area contributed by atoms with Crippen LogP contribution in [0.5, 0.6) is 5.75 Å². The van der Waals surface area contributed by atoms with Gasteiger partial charge in [-0.2, -0.15) is 0 Å². The van der Waals surface area contributed by atoms with Crippen LogP contribution >= 0.6 is 22.7 Å². The molecule has 6 nitrogen and oxygen atoms in total. The third kappa shape index (κ3) is 5.58. The molecule has 3 heterocycles. The summed E-state index contributed by atoms with van der Waals surface area (Å²) in [7, 11) is 0. The lowest BCUT2D eigenvalue weighted by Crippen LogP contribution is -2.39. The second-order valence-corrected chi connectivity index (χ2v) is 9.80. The highest BCUT2D eigenvalue weighted by molar-refractivity contribution is 7.12. The third-order valence-corrected chi connectivity index (χ3v) is 7.60. The molecule has 0 spiro atoms. The highest BCUT2D eigenvalue weighted by Gasteiger charge is 2.43. The first-order valence-corrected chi connectivity index (χ1v) is 13.1. The average Bonchev–Trinajstić information content (AvgIpc) is 3.64. The SMILES string of the molecule is Cc1n(CCCOc2ccccc2)cc[n+]1CCCOC(=O)C(O)(c1cccs1)c1cccs1. The summed E-state index contributed by atoms with van der Waals surface area (Å²) in [4.78, 5) is 14.0. The first kappa shape index (κ1) is 24.2. The number of nitrogens with zero attached hydrogens (tertiary/aromatic N) is 2. The van der Waals surface area contributed by atoms with Crippen molar-refractivity contribution >= 4 is 28.6 Å². The molecule has 0 fully saturated rings. The molecule has 0 saturated carbocycles. The van der Waals surface area contributed by atoms with E-state index >= 15 is 0 Å². The molecular weight excluding hydrogens is 468 g/mol. The maximum Gasteiger partial charge on any atom is 0.349 e. The van der Waals surface area contributed by atoms with Crippen molar-refractivity contribution in [3.8, 4) is 5.75 Å². The summed E-state index contributed by atoms with van der Waals surface area (Å²) in [5.74, 6) is 1.40. The maximum atomic E-state index is 12.9. The van der Waals surface area contributed by atoms with Crippen molar-refractivity contribution < 1.29 is 23.9 Å². The van der Waals surface area contributed by atoms with E-state index in [0.717, 1.165) is 31.1 Å². The third-order valence-electron chi connectivity index (χ3n) is 5.64. The van der Waals surface area contributed by atoms with Crippen LogP contribution in [0.3, 0.4) is 0 Å². The second-order valence-electron chi connectivity index (χ2n) is 7.90. The van der Waals surface area contributed by atoms with Crippen molar-refractivity contribution in [1.82, 2.24) is 4.57 Å². The number of carbonyl (C=O) groups excluding carboxylic acids is 1. The lowest BCUT2D eigenvalue weighted by molar-refractivity contribution is -0.702. The van der Waals surface area contributed by atoms with Gasteiger partial charge in [0.25, 0.3) is 5.82 Å². The summed E-state index contributed by atoms with van der Waals surface area (Å²) in [5, 5.41) is 15.0. The summed E-state index contributed by atoms with van der Waals surface area (Å²) in [5.41, 5.74) is -1.75. The molecule has 1 N–H and O–H groups in total. The molecule has 0 unspecified atom stereocenters. The predicted molar refractivity (Wildman–Crippen MR) is 133 cm³/mol. The standard InChI is InChI=1S/C26H29N2O4S2/c1-21-27(13-7-17-31-22-9-3-2-4-10-22)15-16-28(21)14-8-18-32-25(29)26(30,23-11-5-19-33-23)24-12-6-20-34-24/h2-6,9-12,15-16,19-20,30H,7-8,13-14,17-18H2,1H3/q+1. The highest BCUT2D eigenvalue weighted by atomic mass is 32.1. The number of hydrogen-bond acceptors (Lipinski definition) is 6. The fourth-order valence-corrected chi connectivity index (χ4v) is 5.47. The van der Waals surface area contributed by atoms with Gasteiger partial charge in [-0.15, -0.1) is 22.7 Å². The summed E-state index contributed by atoms with van der Waals surface area (Å²) in [6.45, 7) is 4.57. The zero-order valence-electron chi connectivity index (χ0n) is 19.1. The summed E-state index contributed by atoms with van der Waals surface area (Å²) in [6, 6.07) is 17.0. The van der Waals surface area contributed by atoms with E-state index < -0.39 is 11.6 Å². The second kappa shape index (κ2) is 11.5. The quantitative estimate of drug-likeness (QED) is 0.177. The van der Waals surface area contributed by atoms with Gasteiger partial charge in [-0.25, -0.2) is 13.9 Å². The van der Waals surface area contributed by atoms with Crippen LogP contribution in [0.4, 0.5) is 0 Å². The molecule has 0 aliphatic heterocycles. The van der Waals surface area contributed by atoms with Gasteiger partial charge < -0.3 is 14.6 Å². The van der Waals surface area contributed by atoms with E-state index in [1.807, 2.05) is 59.4 Å². The van der Waals surface area contributed by atoms with Crippen molar-refractivity contribution in [3.05, 3.63) is 93.3 Å². The van der Waals surface area contributed by atoms with E-state index in [9.17, 15) is 9.90 Å². The van der Waals surface area contributed by atoms with Gasteiger partial charge in [0.2, 0.25) is 5.60 Å². The Labute approximate surface area is 207 Å². The first-order valence-electron chi connectivity index (χ1n) is 11.3. The number of imidazole rings is 1. The molecule has 3 aromatic heterocycles. The molecule has 0 radical (unpaired) electrons. The first-order chi connectivity index (χ1) is 16.6. The van der Waals surface area contributed by atoms with Gasteiger partial charge in [0.05, 0.1) is 36.1 Å². The average molecular weight is 498 g/mol. The number of benzene rings is 1. The van der Waals surface area contributed by atoms with E-state index in [1.165, 1.54) is 22.7 Å². The molecule has 0 bridgehead atoms.